The Labute approximate surface area is 175 Å². The maximum absolute atomic E-state index is 14.2. The molecular formula is C23H18F4N2O2. The van der Waals surface area contributed by atoms with Gasteiger partial charge in [0.05, 0.1) is 0 Å². The third-order valence-electron chi connectivity index (χ3n) is 5.51. The molecule has 0 aliphatic carbocycles. The number of carbonyl (C=O) groups is 2. The van der Waals surface area contributed by atoms with E-state index in [-0.39, 0.29) is 37.4 Å². The summed E-state index contributed by atoms with van der Waals surface area (Å²) >= 11 is 0. The number of primary amides is 1. The molecule has 1 fully saturated rings. The predicted molar refractivity (Wildman–Crippen MR) is 108 cm³/mol. The lowest BCUT2D eigenvalue weighted by Crippen LogP contribution is -2.42. The lowest BCUT2D eigenvalue weighted by molar-refractivity contribution is -0.0494. The summed E-state index contributed by atoms with van der Waals surface area (Å²) in [5, 5.41) is 1.28. The number of benzene rings is 3. The Kier molecular flexibility index (Phi) is 5.16. The van der Waals surface area contributed by atoms with E-state index in [0.717, 1.165) is 12.1 Å². The van der Waals surface area contributed by atoms with Gasteiger partial charge in [-0.05, 0) is 46.2 Å². The van der Waals surface area contributed by atoms with E-state index < -0.39 is 29.0 Å². The van der Waals surface area contributed by atoms with Crippen molar-refractivity contribution in [2.24, 2.45) is 5.73 Å². The molecule has 0 unspecified atom stereocenters. The number of nitrogens with two attached hydrogens (primary N) is 1. The van der Waals surface area contributed by atoms with Crippen LogP contribution >= 0.6 is 0 Å². The van der Waals surface area contributed by atoms with Gasteiger partial charge in [0, 0.05) is 31.5 Å². The standard InChI is InChI=1S/C23H18F4N2O2/c24-18-11-15(12-19(25)20(18)21(28)30)16-3-1-2-13-10-14(4-5-17(13)16)22(31)29-8-6-23(26,27)7-9-29/h1-5,10-12H,6-9H2,(H2,28,30). The van der Waals surface area contributed by atoms with Crippen LogP contribution in [0.4, 0.5) is 17.6 Å². The first-order valence-corrected chi connectivity index (χ1v) is 9.65. The smallest absolute Gasteiger partial charge is 0.254 e. The van der Waals surface area contributed by atoms with Gasteiger partial charge >= 0.3 is 0 Å². The number of nitrogens with zero attached hydrogens (tertiary/aromatic N) is 1. The van der Waals surface area contributed by atoms with Crippen LogP contribution in [0.15, 0.2) is 48.5 Å². The highest BCUT2D eigenvalue weighted by molar-refractivity contribution is 6.03. The SMILES string of the molecule is NC(=O)c1c(F)cc(-c2cccc3cc(C(=O)N4CCC(F)(F)CC4)ccc23)cc1F. The Balaban J connectivity index is 1.70. The summed E-state index contributed by atoms with van der Waals surface area (Å²) in [6.07, 6.45) is -0.732. The fraction of sp³-hybridized carbons (Fsp3) is 0.217. The molecule has 1 aliphatic rings. The molecular weight excluding hydrogens is 412 g/mol. The number of hydrogen-bond donors (Lipinski definition) is 1. The molecule has 4 rings (SSSR count). The van der Waals surface area contributed by atoms with Crippen LogP contribution in [0.3, 0.4) is 0 Å². The van der Waals surface area contributed by atoms with Crippen molar-refractivity contribution in [3.63, 3.8) is 0 Å². The van der Waals surface area contributed by atoms with Crippen LogP contribution in [0.2, 0.25) is 0 Å². The lowest BCUT2D eigenvalue weighted by atomic mass is 9.95. The molecule has 4 nitrogen and oxygen atoms in total. The zero-order valence-electron chi connectivity index (χ0n) is 16.3. The van der Waals surface area contributed by atoms with E-state index in [1.165, 1.54) is 4.90 Å². The number of fused-ring (bicyclic) bond motifs is 1. The molecule has 3 aromatic rings. The first-order valence-electron chi connectivity index (χ1n) is 9.65. The van der Waals surface area contributed by atoms with Gasteiger partial charge in [-0.1, -0.05) is 24.3 Å². The van der Waals surface area contributed by atoms with Crippen LogP contribution < -0.4 is 5.73 Å². The first-order chi connectivity index (χ1) is 14.7. The van der Waals surface area contributed by atoms with Crippen molar-refractivity contribution in [1.82, 2.24) is 4.90 Å². The molecule has 0 atom stereocenters. The largest absolute Gasteiger partial charge is 0.365 e. The molecule has 160 valence electrons. The van der Waals surface area contributed by atoms with Crippen molar-refractivity contribution < 1.29 is 27.2 Å². The van der Waals surface area contributed by atoms with Crippen molar-refractivity contribution in [1.29, 1.82) is 0 Å². The van der Waals surface area contributed by atoms with E-state index in [1.807, 2.05) is 0 Å². The summed E-state index contributed by atoms with van der Waals surface area (Å²) in [6.45, 7) is -0.0383. The Morgan fingerprint density at radius 3 is 2.19 bits per heavy atom. The molecule has 1 aliphatic heterocycles. The average Bonchev–Trinajstić information content (AvgIpc) is 2.71. The molecule has 0 spiro atoms. The number of carbonyl (C=O) groups excluding carboxylic acids is 2. The molecule has 0 radical (unpaired) electrons. The highest BCUT2D eigenvalue weighted by Crippen LogP contribution is 2.32. The van der Waals surface area contributed by atoms with Gasteiger partial charge in [0.15, 0.2) is 0 Å². The van der Waals surface area contributed by atoms with Gasteiger partial charge < -0.3 is 10.6 Å². The zero-order valence-corrected chi connectivity index (χ0v) is 16.3. The second kappa shape index (κ2) is 7.68. The quantitative estimate of drug-likeness (QED) is 0.610. The van der Waals surface area contributed by atoms with Crippen molar-refractivity contribution >= 4 is 22.6 Å². The fourth-order valence-corrected chi connectivity index (χ4v) is 3.85. The highest BCUT2D eigenvalue weighted by atomic mass is 19.3. The van der Waals surface area contributed by atoms with Gasteiger partial charge in [0.2, 0.25) is 0 Å². The van der Waals surface area contributed by atoms with Crippen LogP contribution in [-0.4, -0.2) is 35.7 Å². The van der Waals surface area contributed by atoms with Gasteiger partial charge in [0.1, 0.15) is 17.2 Å². The Morgan fingerprint density at radius 1 is 0.935 bits per heavy atom. The van der Waals surface area contributed by atoms with Crippen molar-refractivity contribution in [3.05, 3.63) is 71.3 Å². The third kappa shape index (κ3) is 3.97. The van der Waals surface area contributed by atoms with Gasteiger partial charge in [-0.3, -0.25) is 9.59 Å². The van der Waals surface area contributed by atoms with Gasteiger partial charge in [0.25, 0.3) is 17.7 Å². The number of halogens is 4. The summed E-state index contributed by atoms with van der Waals surface area (Å²) in [7, 11) is 0. The third-order valence-corrected chi connectivity index (χ3v) is 5.51. The summed E-state index contributed by atoms with van der Waals surface area (Å²) in [5.41, 5.74) is 5.28. The summed E-state index contributed by atoms with van der Waals surface area (Å²) in [4.78, 5) is 25.4. The van der Waals surface area contributed by atoms with Gasteiger partial charge in [-0.2, -0.15) is 0 Å². The molecule has 2 amide bonds. The van der Waals surface area contributed by atoms with Crippen LogP contribution in [0, 0.1) is 11.6 Å². The lowest BCUT2D eigenvalue weighted by Gasteiger charge is -2.31. The molecule has 2 N–H and O–H groups in total. The van der Waals surface area contributed by atoms with Crippen molar-refractivity contribution in [3.8, 4) is 11.1 Å². The average molecular weight is 430 g/mol. The van der Waals surface area contributed by atoms with Crippen LogP contribution in [0.25, 0.3) is 21.9 Å². The maximum Gasteiger partial charge on any atom is 0.254 e. The van der Waals surface area contributed by atoms with E-state index in [9.17, 15) is 27.2 Å². The zero-order chi connectivity index (χ0) is 22.3. The predicted octanol–water partition coefficient (Wildman–Crippen LogP) is 4.76. The Morgan fingerprint density at radius 2 is 1.58 bits per heavy atom. The van der Waals surface area contributed by atoms with Crippen LogP contribution in [-0.2, 0) is 0 Å². The molecule has 31 heavy (non-hydrogen) atoms. The number of amides is 2. The highest BCUT2D eigenvalue weighted by Gasteiger charge is 2.35. The molecule has 3 aromatic carbocycles. The first kappa shape index (κ1) is 20.8. The van der Waals surface area contributed by atoms with E-state index in [1.54, 1.807) is 36.4 Å². The summed E-state index contributed by atoms with van der Waals surface area (Å²) in [5.74, 6) is -6.41. The molecule has 0 aromatic heterocycles. The monoisotopic (exact) mass is 430 g/mol. The van der Waals surface area contributed by atoms with Crippen molar-refractivity contribution in [2.45, 2.75) is 18.8 Å². The minimum Gasteiger partial charge on any atom is -0.365 e. The van der Waals surface area contributed by atoms with E-state index in [0.29, 0.717) is 21.9 Å². The van der Waals surface area contributed by atoms with Crippen molar-refractivity contribution in [2.75, 3.05) is 13.1 Å². The van der Waals surface area contributed by atoms with Crippen LogP contribution in [0.1, 0.15) is 33.6 Å². The minimum atomic E-state index is -2.75. The number of piperidine rings is 1. The summed E-state index contributed by atoms with van der Waals surface area (Å²) < 4.78 is 55.2. The van der Waals surface area contributed by atoms with Gasteiger partial charge in [-0.25, -0.2) is 17.6 Å². The fourth-order valence-electron chi connectivity index (χ4n) is 3.85. The molecule has 1 heterocycles. The van der Waals surface area contributed by atoms with E-state index in [2.05, 4.69) is 0 Å². The topological polar surface area (TPSA) is 63.4 Å². The maximum atomic E-state index is 14.2. The number of likely N-dealkylation sites (tertiary alicyclic amines) is 1. The summed E-state index contributed by atoms with van der Waals surface area (Å²) in [6, 6.07) is 12.0. The minimum absolute atomic E-state index is 0.0192. The molecule has 8 heteroatoms. The van der Waals surface area contributed by atoms with Crippen LogP contribution in [0.5, 0.6) is 0 Å². The van der Waals surface area contributed by atoms with E-state index in [4.69, 9.17) is 5.73 Å². The number of hydrogen-bond acceptors (Lipinski definition) is 2. The van der Waals surface area contributed by atoms with Gasteiger partial charge in [-0.15, -0.1) is 0 Å². The number of rotatable bonds is 3. The second-order valence-corrected chi connectivity index (χ2v) is 7.57. The second-order valence-electron chi connectivity index (χ2n) is 7.57. The number of alkyl halides is 2. The Bertz CT molecular complexity index is 1180. The normalized spacial score (nSPS) is 15.8. The van der Waals surface area contributed by atoms with E-state index >= 15 is 0 Å². The molecule has 0 bridgehead atoms. The Hall–Kier alpha value is -3.42. The molecule has 0 saturated carbocycles. The molecule has 1 saturated heterocycles.